The number of nitrogens with one attached hydrogen (secondary N) is 4. The quantitative estimate of drug-likeness (QED) is 0.324. The van der Waals surface area contributed by atoms with Gasteiger partial charge in [-0.2, -0.15) is 0 Å². The third kappa shape index (κ3) is 7.61. The molecule has 0 bridgehead atoms. The largest absolute Gasteiger partial charge is 0.382 e. The van der Waals surface area contributed by atoms with Crippen LogP contribution in [0.3, 0.4) is 0 Å². The van der Waals surface area contributed by atoms with Crippen molar-refractivity contribution in [3.8, 4) is 0 Å². The highest BCUT2D eigenvalue weighted by Gasteiger charge is 2.29. The fourth-order valence-corrected chi connectivity index (χ4v) is 5.17. The molecular formula is C27H41N7O3S. The molecule has 0 atom stereocenters. The van der Waals surface area contributed by atoms with Gasteiger partial charge in [0.1, 0.15) is 5.69 Å². The van der Waals surface area contributed by atoms with Gasteiger partial charge < -0.3 is 25.4 Å². The highest BCUT2D eigenvalue weighted by molar-refractivity contribution is 7.92. The number of H-pyrrole nitrogens is 1. The van der Waals surface area contributed by atoms with Crippen molar-refractivity contribution in [2.75, 3.05) is 61.0 Å². The Morgan fingerprint density at radius 1 is 1.13 bits per heavy atom. The molecular weight excluding hydrogens is 502 g/mol. The maximum atomic E-state index is 13.2. The molecule has 38 heavy (non-hydrogen) atoms. The first-order valence-corrected chi connectivity index (χ1v) is 15.1. The lowest BCUT2D eigenvalue weighted by atomic mass is 10.0. The third-order valence-corrected chi connectivity index (χ3v) is 7.07. The van der Waals surface area contributed by atoms with Crippen molar-refractivity contribution in [2.45, 2.75) is 39.7 Å². The van der Waals surface area contributed by atoms with E-state index < -0.39 is 10.0 Å². The van der Waals surface area contributed by atoms with Gasteiger partial charge in [-0.3, -0.25) is 9.52 Å². The zero-order valence-electron chi connectivity index (χ0n) is 23.0. The number of hydrogen-bond donors (Lipinski definition) is 4. The Hall–Kier alpha value is -3.31. The van der Waals surface area contributed by atoms with E-state index in [2.05, 4.69) is 57.1 Å². The summed E-state index contributed by atoms with van der Waals surface area (Å²) in [7, 11) is -1.43. The van der Waals surface area contributed by atoms with Crippen molar-refractivity contribution >= 4 is 44.0 Å². The summed E-state index contributed by atoms with van der Waals surface area (Å²) in [4.78, 5) is 25.2. The molecule has 0 unspecified atom stereocenters. The molecule has 0 radical (unpaired) electrons. The molecule has 1 saturated heterocycles. The molecule has 0 spiro atoms. The van der Waals surface area contributed by atoms with E-state index in [1.54, 1.807) is 24.3 Å². The normalized spacial score (nSPS) is 14.1. The fourth-order valence-electron chi connectivity index (χ4n) is 4.61. The van der Waals surface area contributed by atoms with Crippen molar-refractivity contribution in [3.05, 3.63) is 48.3 Å². The van der Waals surface area contributed by atoms with E-state index in [0.717, 1.165) is 61.1 Å². The number of nitrogens with zero attached hydrogens (tertiary/aromatic N) is 3. The van der Waals surface area contributed by atoms with Gasteiger partial charge in [0.25, 0.3) is 5.91 Å². The van der Waals surface area contributed by atoms with Gasteiger partial charge in [-0.05, 0) is 76.7 Å². The van der Waals surface area contributed by atoms with Crippen LogP contribution in [0, 0.1) is 0 Å². The molecule has 4 N–H and O–H groups in total. The van der Waals surface area contributed by atoms with Crippen LogP contribution >= 0.6 is 0 Å². The van der Waals surface area contributed by atoms with E-state index in [-0.39, 0.29) is 5.91 Å². The second kappa shape index (κ2) is 13.5. The number of benzene rings is 1. The molecule has 0 saturated carbocycles. The molecule has 0 aliphatic carbocycles. The minimum atomic E-state index is -3.36. The van der Waals surface area contributed by atoms with Crippen molar-refractivity contribution in [1.29, 1.82) is 0 Å². The van der Waals surface area contributed by atoms with Gasteiger partial charge in [-0.1, -0.05) is 6.92 Å². The monoisotopic (exact) mass is 543 g/mol. The van der Waals surface area contributed by atoms with E-state index in [1.807, 2.05) is 24.2 Å². The smallest absolute Gasteiger partial charge is 0.270 e. The van der Waals surface area contributed by atoms with Gasteiger partial charge >= 0.3 is 0 Å². The number of pyridine rings is 1. The Kier molecular flexibility index (Phi) is 10.4. The summed E-state index contributed by atoms with van der Waals surface area (Å²) in [5.74, 6) is 0.923. The van der Waals surface area contributed by atoms with E-state index in [0.29, 0.717) is 30.5 Å². The number of hydrogen-bond acceptors (Lipinski definition) is 7. The average molecular weight is 544 g/mol. The summed E-state index contributed by atoms with van der Waals surface area (Å²) < 4.78 is 25.5. The number of piperidine rings is 1. The summed E-state index contributed by atoms with van der Waals surface area (Å²) in [6, 6.07) is 11.3. The van der Waals surface area contributed by atoms with Crippen molar-refractivity contribution in [1.82, 2.24) is 20.2 Å². The van der Waals surface area contributed by atoms with Gasteiger partial charge in [0.05, 0.1) is 11.9 Å². The molecule has 2 aromatic heterocycles. The van der Waals surface area contributed by atoms with Gasteiger partial charge in [0, 0.05) is 55.0 Å². The Morgan fingerprint density at radius 3 is 2.45 bits per heavy atom. The molecule has 208 valence electrons. The van der Waals surface area contributed by atoms with E-state index in [4.69, 9.17) is 0 Å². The van der Waals surface area contributed by atoms with E-state index in [9.17, 15) is 13.2 Å². The zero-order valence-corrected chi connectivity index (χ0v) is 23.9. The molecule has 1 aliphatic rings. The van der Waals surface area contributed by atoms with Crippen molar-refractivity contribution < 1.29 is 13.2 Å². The van der Waals surface area contributed by atoms with Crippen LogP contribution in [-0.4, -0.2) is 81.3 Å². The van der Waals surface area contributed by atoms with Gasteiger partial charge in [-0.15, -0.1) is 0 Å². The number of anilines is 3. The number of sulfonamides is 1. The van der Waals surface area contributed by atoms with Crippen LogP contribution in [0.1, 0.15) is 44.1 Å². The predicted molar refractivity (Wildman–Crippen MR) is 157 cm³/mol. The first-order chi connectivity index (χ1) is 18.2. The lowest BCUT2D eigenvalue weighted by molar-refractivity contribution is 0.0707. The molecule has 10 nitrogen and oxygen atoms in total. The van der Waals surface area contributed by atoms with Crippen molar-refractivity contribution in [3.63, 3.8) is 0 Å². The molecule has 3 aromatic rings. The molecule has 1 amide bonds. The SMILES string of the molecule is CCNC.CCNc1cccnc1N(CC)C1CCN(C(=O)c2cc3cc(NS(C)(=O)=O)ccc3[nH]2)CC1. The molecule has 3 heterocycles. The number of carbonyl (C=O) groups is 1. The molecule has 1 aliphatic heterocycles. The number of fused-ring (bicyclic) bond motifs is 1. The van der Waals surface area contributed by atoms with E-state index >= 15 is 0 Å². The van der Waals surface area contributed by atoms with Gasteiger partial charge in [0.2, 0.25) is 10.0 Å². The first-order valence-electron chi connectivity index (χ1n) is 13.2. The van der Waals surface area contributed by atoms with Gasteiger partial charge in [0.15, 0.2) is 5.82 Å². The summed E-state index contributed by atoms with van der Waals surface area (Å²) in [6.45, 7) is 10.4. The molecule has 1 aromatic carbocycles. The predicted octanol–water partition coefficient (Wildman–Crippen LogP) is 3.72. The number of aromatic nitrogens is 2. The van der Waals surface area contributed by atoms with Crippen LogP contribution in [0.4, 0.5) is 17.2 Å². The lowest BCUT2D eigenvalue weighted by Crippen LogP contribution is -2.47. The summed E-state index contributed by atoms with van der Waals surface area (Å²) in [5.41, 5.74) is 2.81. The van der Waals surface area contributed by atoms with Gasteiger partial charge in [-0.25, -0.2) is 13.4 Å². The van der Waals surface area contributed by atoms with Crippen LogP contribution < -0.4 is 20.3 Å². The highest BCUT2D eigenvalue weighted by atomic mass is 32.2. The fraction of sp³-hybridized carbons (Fsp3) is 0.481. The number of carbonyl (C=O) groups excluding carboxylic acids is 1. The summed E-state index contributed by atoms with van der Waals surface area (Å²) in [6.07, 6.45) is 4.67. The number of aromatic amines is 1. The van der Waals surface area contributed by atoms with Crippen LogP contribution in [0.5, 0.6) is 0 Å². The summed E-state index contributed by atoms with van der Waals surface area (Å²) >= 11 is 0. The molecule has 4 rings (SSSR count). The second-order valence-corrected chi connectivity index (χ2v) is 11.0. The number of amides is 1. The maximum Gasteiger partial charge on any atom is 0.270 e. The Bertz CT molecular complexity index is 1300. The highest BCUT2D eigenvalue weighted by Crippen LogP contribution is 2.29. The Morgan fingerprint density at radius 2 is 1.84 bits per heavy atom. The zero-order chi connectivity index (χ0) is 27.7. The number of rotatable bonds is 9. The topological polar surface area (TPSA) is 122 Å². The maximum absolute atomic E-state index is 13.2. The van der Waals surface area contributed by atoms with Crippen LogP contribution in [0.25, 0.3) is 10.9 Å². The van der Waals surface area contributed by atoms with E-state index in [1.165, 1.54) is 0 Å². The van der Waals surface area contributed by atoms with Crippen LogP contribution in [0.15, 0.2) is 42.6 Å². The standard InChI is InChI=1S/C24H32N6O3S.C3H9N/c1-4-25-21-7-6-12-26-23(21)30(5-2)19-10-13-29(14-11-19)24(31)22-16-17-15-18(28-34(3,32)33)8-9-20(17)27-22;1-3-4-2/h6-9,12,15-16,19,25,27-28H,4-5,10-11,13-14H2,1-3H3;4H,3H2,1-2H3. The molecule has 1 fully saturated rings. The minimum Gasteiger partial charge on any atom is -0.382 e. The first kappa shape index (κ1) is 29.2. The van der Waals surface area contributed by atoms with Crippen molar-refractivity contribution in [2.24, 2.45) is 0 Å². The summed E-state index contributed by atoms with van der Waals surface area (Å²) in [5, 5.41) is 7.11. The minimum absolute atomic E-state index is 0.0403. The molecule has 11 heteroatoms. The Labute approximate surface area is 226 Å². The second-order valence-electron chi connectivity index (χ2n) is 9.28. The Balaban J connectivity index is 0.000000934. The van der Waals surface area contributed by atoms with Crippen LogP contribution in [-0.2, 0) is 10.0 Å². The van der Waals surface area contributed by atoms with Crippen LogP contribution in [0.2, 0.25) is 0 Å². The third-order valence-electron chi connectivity index (χ3n) is 6.47. The number of likely N-dealkylation sites (tertiary alicyclic amines) is 1. The average Bonchev–Trinajstić information content (AvgIpc) is 3.33. The lowest BCUT2D eigenvalue weighted by Gasteiger charge is -2.39.